The number of hydrogen-bond donors (Lipinski definition) is 0. The smallest absolute Gasteiger partial charge is 0.272 e. The van der Waals surface area contributed by atoms with Crippen LogP contribution in [0.1, 0.15) is 13.8 Å². The molecule has 1 unspecified atom stereocenters. The van der Waals surface area contributed by atoms with Crippen LogP contribution in [0, 0.1) is 5.92 Å². The van der Waals surface area contributed by atoms with Gasteiger partial charge in [0, 0.05) is 10.0 Å². The largest absolute Gasteiger partial charge is 0.370 e. The van der Waals surface area contributed by atoms with Crippen molar-refractivity contribution in [3.05, 3.63) is 28.2 Å². The third-order valence-electron chi connectivity index (χ3n) is 2.94. The maximum absolute atomic E-state index is 14.3. The predicted molar refractivity (Wildman–Crippen MR) is 90.8 cm³/mol. The SMILES string of the molecule is CC(C)C1N(c2cc(Cl)cc(Cl)c2)C(=O)N(F)N1SC(Cl)Cl. The molecule has 0 saturated carbocycles. The van der Waals surface area contributed by atoms with E-state index in [2.05, 4.69) is 0 Å². The van der Waals surface area contributed by atoms with Crippen molar-refractivity contribution in [2.75, 3.05) is 4.90 Å². The van der Waals surface area contributed by atoms with E-state index >= 15 is 0 Å². The molecule has 1 atom stereocenters. The van der Waals surface area contributed by atoms with E-state index in [0.29, 0.717) is 15.7 Å². The minimum absolute atomic E-state index is 0.0120. The molecule has 2 rings (SSSR count). The first kappa shape index (κ1) is 18.2. The molecule has 1 heterocycles. The normalized spacial score (nSPS) is 19.9. The molecule has 0 bridgehead atoms. The molecule has 0 radical (unpaired) electrons. The molecule has 0 spiro atoms. The van der Waals surface area contributed by atoms with Gasteiger partial charge in [0.05, 0.1) is 5.69 Å². The molecule has 0 aliphatic carbocycles. The van der Waals surface area contributed by atoms with E-state index in [0.717, 1.165) is 16.4 Å². The Balaban J connectivity index is 2.45. The average Bonchev–Trinajstić information content (AvgIpc) is 2.62. The fraction of sp³-hybridized carbons (Fsp3) is 0.417. The number of benzene rings is 1. The summed E-state index contributed by atoms with van der Waals surface area (Å²) in [6.07, 6.45) is -0.628. The number of halogens is 5. The van der Waals surface area contributed by atoms with Crippen LogP contribution in [-0.2, 0) is 0 Å². The summed E-state index contributed by atoms with van der Waals surface area (Å²) in [6, 6.07) is 3.76. The lowest BCUT2D eigenvalue weighted by Crippen LogP contribution is -2.41. The van der Waals surface area contributed by atoms with Crippen molar-refractivity contribution < 1.29 is 9.28 Å². The molecule has 1 aliphatic rings. The van der Waals surface area contributed by atoms with Crippen LogP contribution >= 0.6 is 58.4 Å². The van der Waals surface area contributed by atoms with Gasteiger partial charge >= 0.3 is 6.03 Å². The van der Waals surface area contributed by atoms with E-state index in [4.69, 9.17) is 46.4 Å². The van der Waals surface area contributed by atoms with Gasteiger partial charge in [0.15, 0.2) is 4.17 Å². The number of hydrazine groups is 1. The van der Waals surface area contributed by atoms with Gasteiger partial charge in [-0.25, -0.2) is 4.79 Å². The summed E-state index contributed by atoms with van der Waals surface area (Å²) in [5.74, 6) is -0.109. The second-order valence-electron chi connectivity index (χ2n) is 4.87. The first-order valence-corrected chi connectivity index (χ1v) is 8.68. The van der Waals surface area contributed by atoms with Crippen molar-refractivity contribution in [1.29, 1.82) is 0 Å². The Labute approximate surface area is 152 Å². The lowest BCUT2D eigenvalue weighted by atomic mass is 10.1. The van der Waals surface area contributed by atoms with E-state index in [1.807, 2.05) is 13.8 Å². The maximum atomic E-state index is 14.3. The van der Waals surface area contributed by atoms with Crippen LogP contribution in [0.5, 0.6) is 0 Å². The number of carbonyl (C=O) groups excluding carboxylic acids is 1. The third-order valence-corrected chi connectivity index (χ3v) is 4.59. The summed E-state index contributed by atoms with van der Waals surface area (Å²) >= 11 is 24.2. The third kappa shape index (κ3) is 3.68. The average molecular weight is 407 g/mol. The standard InChI is InChI=1S/C12H12Cl4FN3OS/c1-6(2)10-18(9-4-7(13)3-8(14)5-9)12(21)19(17)20(10)22-11(15)16/h3-6,10-11H,1-2H3. The van der Waals surface area contributed by atoms with Gasteiger partial charge in [0.2, 0.25) is 0 Å². The Hall–Kier alpha value is -0.110. The fourth-order valence-electron chi connectivity index (χ4n) is 2.17. The van der Waals surface area contributed by atoms with E-state index in [1.54, 1.807) is 12.1 Å². The number of carbonyl (C=O) groups is 1. The molecule has 122 valence electrons. The summed E-state index contributed by atoms with van der Waals surface area (Å²) < 4.78 is 14.4. The van der Waals surface area contributed by atoms with Gasteiger partial charge in [0.25, 0.3) is 0 Å². The molecule has 1 fully saturated rings. The summed E-state index contributed by atoms with van der Waals surface area (Å²) in [5, 5.41) is 0.686. The molecule has 1 aliphatic heterocycles. The number of hydrogen-bond acceptors (Lipinski definition) is 3. The van der Waals surface area contributed by atoms with Gasteiger partial charge in [-0.15, -0.1) is 4.41 Å². The number of nitrogens with zero attached hydrogens (tertiary/aromatic N) is 3. The zero-order valence-electron chi connectivity index (χ0n) is 11.5. The van der Waals surface area contributed by atoms with Crippen LogP contribution in [0.15, 0.2) is 18.2 Å². The zero-order valence-corrected chi connectivity index (χ0v) is 15.4. The second kappa shape index (κ2) is 7.20. The van der Waals surface area contributed by atoms with Crippen LogP contribution in [0.2, 0.25) is 10.0 Å². The van der Waals surface area contributed by atoms with Crippen LogP contribution in [-0.4, -0.2) is 26.0 Å². The molecular weight excluding hydrogens is 395 g/mol. The number of amides is 2. The van der Waals surface area contributed by atoms with Crippen molar-refractivity contribution in [2.45, 2.75) is 24.2 Å². The summed E-state index contributed by atoms with van der Waals surface area (Å²) in [4.78, 5) is 13.6. The van der Waals surface area contributed by atoms with Crippen LogP contribution < -0.4 is 4.90 Å². The molecular formula is C12H12Cl4FN3OS. The molecule has 4 nitrogen and oxygen atoms in total. The highest BCUT2D eigenvalue weighted by atomic mass is 35.5. The zero-order chi connectivity index (χ0) is 16.6. The topological polar surface area (TPSA) is 26.8 Å². The highest BCUT2D eigenvalue weighted by Crippen LogP contribution is 2.40. The molecule has 1 aromatic carbocycles. The summed E-state index contributed by atoms with van der Waals surface area (Å²) in [5.41, 5.74) is 0.396. The molecule has 1 saturated heterocycles. The minimum atomic E-state index is -0.921. The van der Waals surface area contributed by atoms with E-state index in [-0.39, 0.29) is 11.1 Å². The summed E-state index contributed by atoms with van der Waals surface area (Å²) in [6.45, 7) is 3.70. The Morgan fingerprint density at radius 2 is 1.73 bits per heavy atom. The lowest BCUT2D eigenvalue weighted by molar-refractivity contribution is -0.0519. The Bertz CT molecular complexity index is 557. The number of urea groups is 1. The van der Waals surface area contributed by atoms with Gasteiger partial charge in [-0.2, -0.15) is 0 Å². The van der Waals surface area contributed by atoms with Gasteiger partial charge in [-0.3, -0.25) is 4.90 Å². The second-order valence-corrected chi connectivity index (χ2v) is 8.41. The minimum Gasteiger partial charge on any atom is -0.272 e. The number of alkyl halides is 2. The Morgan fingerprint density at radius 1 is 1.18 bits per heavy atom. The molecule has 1 aromatic rings. The molecule has 10 heteroatoms. The number of rotatable bonds is 4. The van der Waals surface area contributed by atoms with E-state index in [1.165, 1.54) is 11.0 Å². The molecule has 22 heavy (non-hydrogen) atoms. The molecule has 0 N–H and O–H groups in total. The van der Waals surface area contributed by atoms with Crippen LogP contribution in [0.4, 0.5) is 15.0 Å². The summed E-state index contributed by atoms with van der Waals surface area (Å²) in [7, 11) is 0. The van der Waals surface area contributed by atoms with E-state index < -0.39 is 16.4 Å². The van der Waals surface area contributed by atoms with Crippen molar-refractivity contribution >= 4 is 70.1 Å². The van der Waals surface area contributed by atoms with Crippen molar-refractivity contribution in [2.24, 2.45) is 5.92 Å². The highest BCUT2D eigenvalue weighted by molar-refractivity contribution is 8.00. The quantitative estimate of drug-likeness (QED) is 0.363. The van der Waals surface area contributed by atoms with Crippen molar-refractivity contribution in [1.82, 2.24) is 9.65 Å². The van der Waals surface area contributed by atoms with Crippen molar-refractivity contribution in [3.63, 3.8) is 0 Å². The Morgan fingerprint density at radius 3 is 2.18 bits per heavy atom. The maximum Gasteiger partial charge on any atom is 0.370 e. The predicted octanol–water partition coefficient (Wildman–Crippen LogP) is 5.73. The van der Waals surface area contributed by atoms with Crippen molar-refractivity contribution in [3.8, 4) is 0 Å². The first-order chi connectivity index (χ1) is 10.2. The van der Waals surface area contributed by atoms with Gasteiger partial charge in [0.1, 0.15) is 6.17 Å². The molecule has 0 aromatic heterocycles. The van der Waals surface area contributed by atoms with Gasteiger partial charge in [-0.05, 0) is 36.1 Å². The first-order valence-electron chi connectivity index (χ1n) is 6.21. The van der Waals surface area contributed by atoms with Gasteiger partial charge in [-0.1, -0.05) is 70.0 Å². The highest BCUT2D eigenvalue weighted by Gasteiger charge is 2.48. The molecule has 2 amide bonds. The fourth-order valence-corrected chi connectivity index (χ4v) is 3.95. The van der Waals surface area contributed by atoms with Gasteiger partial charge < -0.3 is 0 Å². The lowest BCUT2D eigenvalue weighted by Gasteiger charge is -2.30. The number of anilines is 1. The Kier molecular flexibility index (Phi) is 5.96. The monoisotopic (exact) mass is 405 g/mol. The van der Waals surface area contributed by atoms with E-state index in [9.17, 15) is 9.28 Å². The van der Waals surface area contributed by atoms with Crippen LogP contribution in [0.25, 0.3) is 0 Å². The van der Waals surface area contributed by atoms with Crippen LogP contribution in [0.3, 0.4) is 0 Å².